The SMILES string of the molecule is COc1ccc(S(=O)(=O)N2CCC[C@H](C)C2)cc1N1CCN(C(=O)C(C)(C)OC(C)=O)CC1. The van der Waals surface area contributed by atoms with Crippen LogP contribution in [0, 0.1) is 5.92 Å². The van der Waals surface area contributed by atoms with Crippen molar-refractivity contribution in [3.63, 3.8) is 0 Å². The molecule has 0 unspecified atom stereocenters. The van der Waals surface area contributed by atoms with Gasteiger partial charge >= 0.3 is 5.97 Å². The van der Waals surface area contributed by atoms with Crippen LogP contribution in [0.2, 0.25) is 0 Å². The molecule has 2 aliphatic heterocycles. The summed E-state index contributed by atoms with van der Waals surface area (Å²) in [6.07, 6.45) is 1.90. The summed E-state index contributed by atoms with van der Waals surface area (Å²) in [5.74, 6) is 0.173. The third-order valence-electron chi connectivity index (χ3n) is 6.23. The van der Waals surface area contributed by atoms with Crippen molar-refractivity contribution in [2.45, 2.75) is 51.0 Å². The van der Waals surface area contributed by atoms with Gasteiger partial charge in [-0.3, -0.25) is 9.59 Å². The van der Waals surface area contributed by atoms with Crippen LogP contribution in [-0.4, -0.2) is 81.5 Å². The molecule has 1 aromatic rings. The van der Waals surface area contributed by atoms with E-state index in [1.165, 1.54) is 6.92 Å². The number of rotatable bonds is 6. The molecule has 2 aliphatic rings. The normalized spacial score (nSPS) is 20.5. The van der Waals surface area contributed by atoms with E-state index < -0.39 is 21.6 Å². The van der Waals surface area contributed by atoms with Crippen molar-refractivity contribution < 1.29 is 27.5 Å². The Balaban J connectivity index is 1.77. The molecule has 3 rings (SSSR count). The zero-order chi connectivity index (χ0) is 24.4. The van der Waals surface area contributed by atoms with Gasteiger partial charge in [0.15, 0.2) is 5.60 Å². The topological polar surface area (TPSA) is 96.5 Å². The molecule has 184 valence electrons. The molecular weight excluding hydrogens is 446 g/mol. The van der Waals surface area contributed by atoms with Crippen molar-refractivity contribution in [2.75, 3.05) is 51.3 Å². The fraction of sp³-hybridized carbons (Fsp3) is 0.652. The smallest absolute Gasteiger partial charge is 0.303 e. The maximum Gasteiger partial charge on any atom is 0.303 e. The quantitative estimate of drug-likeness (QED) is 0.574. The summed E-state index contributed by atoms with van der Waals surface area (Å²) < 4.78 is 38.8. The number of sulfonamides is 1. The van der Waals surface area contributed by atoms with Crippen molar-refractivity contribution in [3.05, 3.63) is 18.2 Å². The molecule has 2 saturated heterocycles. The van der Waals surface area contributed by atoms with Crippen molar-refractivity contribution in [1.82, 2.24) is 9.21 Å². The molecule has 1 aromatic carbocycles. The first kappa shape index (κ1) is 25.3. The van der Waals surface area contributed by atoms with Crippen molar-refractivity contribution in [1.29, 1.82) is 0 Å². The van der Waals surface area contributed by atoms with Crippen molar-refractivity contribution >= 4 is 27.6 Å². The molecule has 0 N–H and O–H groups in total. The lowest BCUT2D eigenvalue weighted by atomic mass is 10.0. The van der Waals surface area contributed by atoms with E-state index >= 15 is 0 Å². The Morgan fingerprint density at radius 3 is 2.33 bits per heavy atom. The van der Waals surface area contributed by atoms with Gasteiger partial charge in [-0.2, -0.15) is 4.31 Å². The van der Waals surface area contributed by atoms with Gasteiger partial charge in [-0.15, -0.1) is 0 Å². The molecule has 33 heavy (non-hydrogen) atoms. The van der Waals surface area contributed by atoms with Crippen LogP contribution in [0.3, 0.4) is 0 Å². The highest BCUT2D eigenvalue weighted by Crippen LogP contribution is 2.34. The van der Waals surface area contributed by atoms with E-state index in [2.05, 4.69) is 6.92 Å². The molecule has 0 aliphatic carbocycles. The van der Waals surface area contributed by atoms with Gasteiger partial charge in [0, 0.05) is 46.2 Å². The highest BCUT2D eigenvalue weighted by molar-refractivity contribution is 7.89. The lowest BCUT2D eigenvalue weighted by Crippen LogP contribution is -2.55. The second-order valence-electron chi connectivity index (χ2n) is 9.33. The van der Waals surface area contributed by atoms with Crippen LogP contribution in [0.1, 0.15) is 40.5 Å². The van der Waals surface area contributed by atoms with Crippen molar-refractivity contribution in [3.8, 4) is 5.75 Å². The monoisotopic (exact) mass is 481 g/mol. The summed E-state index contributed by atoms with van der Waals surface area (Å²) in [4.78, 5) is 28.1. The van der Waals surface area contributed by atoms with Gasteiger partial charge in [-0.25, -0.2) is 8.42 Å². The number of hydrogen-bond donors (Lipinski definition) is 0. The summed E-state index contributed by atoms with van der Waals surface area (Å²) in [5, 5.41) is 0. The number of carbonyl (C=O) groups is 2. The fourth-order valence-electron chi connectivity index (χ4n) is 4.53. The minimum Gasteiger partial charge on any atom is -0.495 e. The Hall–Kier alpha value is -2.33. The number of amides is 1. The second-order valence-corrected chi connectivity index (χ2v) is 11.3. The van der Waals surface area contributed by atoms with Gasteiger partial charge in [-0.1, -0.05) is 6.92 Å². The van der Waals surface area contributed by atoms with Crippen LogP contribution in [0.25, 0.3) is 0 Å². The van der Waals surface area contributed by atoms with Gasteiger partial charge in [0.2, 0.25) is 10.0 Å². The molecule has 0 spiro atoms. The Kier molecular flexibility index (Phi) is 7.58. The third-order valence-corrected chi connectivity index (χ3v) is 8.09. The Bertz CT molecular complexity index is 986. The summed E-state index contributed by atoms with van der Waals surface area (Å²) in [5.41, 5.74) is -0.541. The second kappa shape index (κ2) is 9.89. The van der Waals surface area contributed by atoms with Crippen LogP contribution in [0.5, 0.6) is 5.75 Å². The summed E-state index contributed by atoms with van der Waals surface area (Å²) in [6, 6.07) is 4.96. The molecule has 0 bridgehead atoms. The predicted molar refractivity (Wildman–Crippen MR) is 125 cm³/mol. The first-order valence-electron chi connectivity index (χ1n) is 11.4. The average Bonchev–Trinajstić information content (AvgIpc) is 2.77. The predicted octanol–water partition coefficient (Wildman–Crippen LogP) is 2.11. The van der Waals surface area contributed by atoms with Crippen LogP contribution >= 0.6 is 0 Å². The minimum atomic E-state index is -3.60. The number of piperazine rings is 1. The van der Waals surface area contributed by atoms with Crippen molar-refractivity contribution in [2.24, 2.45) is 5.92 Å². The van der Waals surface area contributed by atoms with Gasteiger partial charge in [0.05, 0.1) is 17.7 Å². The fourth-order valence-corrected chi connectivity index (χ4v) is 6.14. The molecule has 0 saturated carbocycles. The maximum absolute atomic E-state index is 13.3. The average molecular weight is 482 g/mol. The minimum absolute atomic E-state index is 0.250. The molecule has 0 aromatic heterocycles. The number of hydrogen-bond acceptors (Lipinski definition) is 7. The van der Waals surface area contributed by atoms with E-state index in [4.69, 9.17) is 9.47 Å². The molecule has 2 heterocycles. The highest BCUT2D eigenvalue weighted by atomic mass is 32.2. The summed E-state index contributed by atoms with van der Waals surface area (Å²) >= 11 is 0. The number of ether oxygens (including phenoxy) is 2. The van der Waals surface area contributed by atoms with Gasteiger partial charge < -0.3 is 19.3 Å². The number of anilines is 1. The Labute approximate surface area is 196 Å². The van der Waals surface area contributed by atoms with E-state index in [-0.39, 0.29) is 10.8 Å². The molecule has 2 fully saturated rings. The number of esters is 1. The molecule has 0 radical (unpaired) electrons. The lowest BCUT2D eigenvalue weighted by Gasteiger charge is -2.39. The third kappa shape index (κ3) is 5.60. The number of methoxy groups -OCH3 is 1. The Morgan fingerprint density at radius 2 is 1.76 bits per heavy atom. The maximum atomic E-state index is 13.3. The first-order chi connectivity index (χ1) is 15.5. The summed E-state index contributed by atoms with van der Waals surface area (Å²) in [7, 11) is -2.04. The van der Waals surface area contributed by atoms with Crippen LogP contribution in [-0.2, 0) is 24.3 Å². The molecule has 10 heteroatoms. The zero-order valence-corrected chi connectivity index (χ0v) is 21.0. The number of benzene rings is 1. The van der Waals surface area contributed by atoms with Crippen LogP contribution < -0.4 is 9.64 Å². The number of piperidine rings is 1. The van der Waals surface area contributed by atoms with Crippen LogP contribution in [0.4, 0.5) is 5.69 Å². The largest absolute Gasteiger partial charge is 0.495 e. The van der Waals surface area contributed by atoms with Crippen LogP contribution in [0.15, 0.2) is 23.1 Å². The Morgan fingerprint density at radius 1 is 1.09 bits per heavy atom. The highest BCUT2D eigenvalue weighted by Gasteiger charge is 2.37. The first-order valence-corrected chi connectivity index (χ1v) is 12.8. The van der Waals surface area contributed by atoms with Gasteiger partial charge in [0.1, 0.15) is 5.75 Å². The standard InChI is InChI=1S/C23H35N3O6S/c1-17-7-6-10-26(16-17)33(29,30)19-8-9-21(31-5)20(15-19)24-11-13-25(14-12-24)22(28)23(3,4)32-18(2)27/h8-9,15,17H,6-7,10-14,16H2,1-5H3/t17-/m0/s1. The lowest BCUT2D eigenvalue weighted by molar-refractivity contribution is -0.168. The molecular formula is C23H35N3O6S. The number of carbonyl (C=O) groups excluding carboxylic acids is 2. The van der Waals surface area contributed by atoms with Gasteiger partial charge in [-0.05, 0) is 50.8 Å². The molecule has 9 nitrogen and oxygen atoms in total. The van der Waals surface area contributed by atoms with Gasteiger partial charge in [0.25, 0.3) is 5.91 Å². The molecule has 1 amide bonds. The van der Waals surface area contributed by atoms with E-state index in [0.29, 0.717) is 56.6 Å². The van der Waals surface area contributed by atoms with E-state index in [9.17, 15) is 18.0 Å². The molecule has 1 atom stereocenters. The van der Waals surface area contributed by atoms with E-state index in [1.54, 1.807) is 48.4 Å². The zero-order valence-electron chi connectivity index (χ0n) is 20.2. The number of nitrogens with zero attached hydrogens (tertiary/aromatic N) is 3. The van der Waals surface area contributed by atoms with E-state index in [0.717, 1.165) is 12.8 Å². The summed E-state index contributed by atoms with van der Waals surface area (Å²) in [6.45, 7) is 9.44. The van der Waals surface area contributed by atoms with E-state index in [1.807, 2.05) is 4.90 Å².